The Bertz CT molecular complexity index is 736. The van der Waals surface area contributed by atoms with E-state index in [-0.39, 0.29) is 18.5 Å². The topological polar surface area (TPSA) is 71.0 Å². The number of hydrogen-bond donors (Lipinski definition) is 0. The third kappa shape index (κ3) is 2.34. The van der Waals surface area contributed by atoms with E-state index in [4.69, 9.17) is 4.74 Å². The van der Waals surface area contributed by atoms with Crippen LogP contribution in [0.4, 0.5) is 10.7 Å². The Labute approximate surface area is 140 Å². The molecular formula is C16H22N5O3+. The number of ether oxygens (including phenoxy) is 1. The smallest absolute Gasteiger partial charge is 0.385 e. The molecule has 3 rings (SSSR count). The molecule has 3 amide bonds. The van der Waals surface area contributed by atoms with Crippen LogP contribution in [0.1, 0.15) is 18.2 Å². The number of rotatable bonds is 6. The van der Waals surface area contributed by atoms with Crippen LogP contribution < -0.4 is 4.57 Å². The average Bonchev–Trinajstić information content (AvgIpc) is 3.06. The minimum absolute atomic E-state index is 0.190. The summed E-state index contributed by atoms with van der Waals surface area (Å²) in [5.41, 5.74) is 1.02. The maximum Gasteiger partial charge on any atom is 0.401 e. The third-order valence-electron chi connectivity index (χ3n) is 4.36. The quantitative estimate of drug-likeness (QED) is 0.439. The molecule has 0 aromatic carbocycles. The van der Waals surface area contributed by atoms with Crippen molar-refractivity contribution >= 4 is 23.7 Å². The molecular weight excluding hydrogens is 310 g/mol. The molecule has 1 aromatic rings. The molecule has 8 nitrogen and oxygen atoms in total. The molecule has 0 saturated carbocycles. The molecule has 0 N–H and O–H groups in total. The summed E-state index contributed by atoms with van der Waals surface area (Å²) < 4.78 is 9.00. The van der Waals surface area contributed by atoms with Crippen LogP contribution in [0.3, 0.4) is 0 Å². The van der Waals surface area contributed by atoms with E-state index in [1.807, 2.05) is 22.3 Å². The summed E-state index contributed by atoms with van der Waals surface area (Å²) in [6.45, 7) is 7.19. The minimum Gasteiger partial charge on any atom is -0.385 e. The second-order valence-electron chi connectivity index (χ2n) is 5.93. The molecule has 128 valence electrons. The van der Waals surface area contributed by atoms with Gasteiger partial charge in [0.25, 0.3) is 5.91 Å². The van der Waals surface area contributed by atoms with Crippen molar-refractivity contribution in [3.05, 3.63) is 24.5 Å². The number of hydrogen-bond acceptors (Lipinski definition) is 4. The number of carbonyl (C=O) groups excluding carboxylic acids is 2. The number of aromatic nitrogens is 2. The van der Waals surface area contributed by atoms with Crippen molar-refractivity contribution in [3.63, 3.8) is 0 Å². The van der Waals surface area contributed by atoms with E-state index in [1.165, 1.54) is 9.80 Å². The molecule has 1 aromatic heterocycles. The number of aryl methyl sites for hydroxylation is 1. The van der Waals surface area contributed by atoms with Gasteiger partial charge in [-0.05, 0) is 6.92 Å². The van der Waals surface area contributed by atoms with E-state index < -0.39 is 6.04 Å². The zero-order valence-electron chi connectivity index (χ0n) is 14.2. The largest absolute Gasteiger partial charge is 0.401 e. The Kier molecular flexibility index (Phi) is 4.23. The number of carbonyl (C=O) groups is 2. The number of imide groups is 1. The molecule has 0 spiro atoms. The molecule has 0 aliphatic carbocycles. The van der Waals surface area contributed by atoms with Crippen LogP contribution in [0.15, 0.2) is 23.8 Å². The van der Waals surface area contributed by atoms with Crippen LogP contribution in [0, 0.1) is 6.92 Å². The zero-order valence-corrected chi connectivity index (χ0v) is 14.2. The highest BCUT2D eigenvalue weighted by Crippen LogP contribution is 2.29. The predicted molar refractivity (Wildman–Crippen MR) is 87.1 cm³/mol. The summed E-state index contributed by atoms with van der Waals surface area (Å²) in [5, 5.41) is 0. The van der Waals surface area contributed by atoms with Gasteiger partial charge >= 0.3 is 12.0 Å². The van der Waals surface area contributed by atoms with Gasteiger partial charge in [-0.1, -0.05) is 11.1 Å². The molecule has 2 aliphatic rings. The van der Waals surface area contributed by atoms with Gasteiger partial charge < -0.3 is 4.74 Å². The van der Waals surface area contributed by atoms with Crippen LogP contribution in [0.25, 0.3) is 0 Å². The first-order valence-electron chi connectivity index (χ1n) is 7.90. The molecule has 0 radical (unpaired) electrons. The normalized spacial score (nSPS) is 19.5. The SMILES string of the molecule is C=CCN1C(=O)C2C(=Nc3n(CCCOC)c(C)c[n+]32)N(C)C1=O. The molecule has 24 heavy (non-hydrogen) atoms. The summed E-state index contributed by atoms with van der Waals surface area (Å²) in [6.07, 6.45) is 4.31. The number of methoxy groups -OCH3 is 1. The standard InChI is InChI=1S/C16H22N5O3/c1-5-7-20-14(22)12-13(18(3)16(20)23)17-15-19(8-6-9-24-4)11(2)10-21(12)15/h5,10,12H,1,6-9H2,2-4H3/q+1. The summed E-state index contributed by atoms with van der Waals surface area (Å²) in [6, 6.07) is -0.965. The van der Waals surface area contributed by atoms with E-state index in [0.29, 0.717) is 18.4 Å². The Morgan fingerprint density at radius 1 is 1.46 bits per heavy atom. The number of fused-ring (bicyclic) bond motifs is 3. The monoisotopic (exact) mass is 332 g/mol. The first-order chi connectivity index (χ1) is 11.5. The van der Waals surface area contributed by atoms with Crippen molar-refractivity contribution in [2.45, 2.75) is 25.9 Å². The van der Waals surface area contributed by atoms with E-state index in [0.717, 1.165) is 18.7 Å². The van der Waals surface area contributed by atoms with Gasteiger partial charge in [0.15, 0.2) is 0 Å². The Balaban J connectivity index is 1.99. The maximum atomic E-state index is 12.8. The molecule has 2 aliphatic heterocycles. The second-order valence-corrected chi connectivity index (χ2v) is 5.93. The van der Waals surface area contributed by atoms with E-state index in [1.54, 1.807) is 20.2 Å². The Hall–Kier alpha value is -2.48. The summed E-state index contributed by atoms with van der Waals surface area (Å²) in [7, 11) is 3.31. The summed E-state index contributed by atoms with van der Waals surface area (Å²) in [5.74, 6) is 0.896. The van der Waals surface area contributed by atoms with Gasteiger partial charge in [-0.25, -0.2) is 13.9 Å². The molecule has 1 atom stereocenters. The lowest BCUT2D eigenvalue weighted by Crippen LogP contribution is -2.62. The number of likely N-dealkylation sites (N-methyl/N-ethyl adjacent to an activating group) is 1. The van der Waals surface area contributed by atoms with Crippen LogP contribution >= 0.6 is 0 Å². The Morgan fingerprint density at radius 3 is 2.88 bits per heavy atom. The first-order valence-corrected chi connectivity index (χ1v) is 7.90. The molecule has 1 saturated heterocycles. The van der Waals surface area contributed by atoms with Gasteiger partial charge in [0.2, 0.25) is 11.9 Å². The van der Waals surface area contributed by atoms with Gasteiger partial charge in [0, 0.05) is 33.7 Å². The van der Waals surface area contributed by atoms with Crippen LogP contribution in [-0.2, 0) is 16.1 Å². The van der Waals surface area contributed by atoms with Gasteiger partial charge in [-0.3, -0.25) is 14.6 Å². The van der Waals surface area contributed by atoms with Crippen molar-refractivity contribution in [1.29, 1.82) is 0 Å². The third-order valence-corrected chi connectivity index (χ3v) is 4.36. The molecule has 0 bridgehead atoms. The van der Waals surface area contributed by atoms with E-state index in [2.05, 4.69) is 11.6 Å². The summed E-state index contributed by atoms with van der Waals surface area (Å²) in [4.78, 5) is 32.4. The van der Waals surface area contributed by atoms with Gasteiger partial charge in [0.1, 0.15) is 11.9 Å². The minimum atomic E-state index is -0.593. The fourth-order valence-corrected chi connectivity index (χ4v) is 3.17. The number of imidazole rings is 1. The highest BCUT2D eigenvalue weighted by molar-refractivity contribution is 6.19. The molecule has 3 heterocycles. The molecule has 8 heteroatoms. The zero-order chi connectivity index (χ0) is 17.4. The highest BCUT2D eigenvalue weighted by atomic mass is 16.5. The maximum absolute atomic E-state index is 12.8. The lowest BCUT2D eigenvalue weighted by atomic mass is 10.1. The van der Waals surface area contributed by atoms with Gasteiger partial charge in [-0.15, -0.1) is 6.58 Å². The first kappa shape index (κ1) is 16.4. The summed E-state index contributed by atoms with van der Waals surface area (Å²) >= 11 is 0. The number of amidine groups is 1. The lowest BCUT2D eigenvalue weighted by molar-refractivity contribution is -0.677. The van der Waals surface area contributed by atoms with Gasteiger partial charge in [-0.2, -0.15) is 0 Å². The van der Waals surface area contributed by atoms with Gasteiger partial charge in [0.05, 0.1) is 6.54 Å². The van der Waals surface area contributed by atoms with Crippen LogP contribution in [0.5, 0.6) is 0 Å². The fraction of sp³-hybridized carbons (Fsp3) is 0.500. The number of aliphatic imine (C=N–C) groups is 1. The predicted octanol–water partition coefficient (Wildman–Crippen LogP) is 0.785. The lowest BCUT2D eigenvalue weighted by Gasteiger charge is -2.32. The molecule has 1 fully saturated rings. The Morgan fingerprint density at radius 2 is 2.21 bits per heavy atom. The second kappa shape index (κ2) is 6.20. The van der Waals surface area contributed by atoms with Crippen LogP contribution in [-0.4, -0.2) is 59.4 Å². The van der Waals surface area contributed by atoms with Crippen molar-refractivity contribution in [1.82, 2.24) is 14.4 Å². The number of amides is 3. The van der Waals surface area contributed by atoms with Crippen LogP contribution in [0.2, 0.25) is 0 Å². The van der Waals surface area contributed by atoms with Crippen molar-refractivity contribution in [2.75, 3.05) is 27.3 Å². The van der Waals surface area contributed by atoms with E-state index >= 15 is 0 Å². The fourth-order valence-electron chi connectivity index (χ4n) is 3.17. The molecule has 1 unspecified atom stereocenters. The van der Waals surface area contributed by atoms with Crippen molar-refractivity contribution in [3.8, 4) is 0 Å². The number of urea groups is 1. The van der Waals surface area contributed by atoms with Crippen molar-refractivity contribution < 1.29 is 18.9 Å². The number of nitrogens with zero attached hydrogens (tertiary/aromatic N) is 5. The van der Waals surface area contributed by atoms with Crippen molar-refractivity contribution in [2.24, 2.45) is 4.99 Å². The van der Waals surface area contributed by atoms with E-state index in [9.17, 15) is 9.59 Å². The highest BCUT2D eigenvalue weighted by Gasteiger charge is 2.52. The average molecular weight is 332 g/mol.